The monoisotopic (exact) mass is 267 g/mol. The Balaban J connectivity index is 2.23. The zero-order chi connectivity index (χ0) is 13.0. The van der Waals surface area contributed by atoms with Crippen molar-refractivity contribution < 1.29 is 9.50 Å². The summed E-state index contributed by atoms with van der Waals surface area (Å²) in [7, 11) is 0. The fourth-order valence-electron chi connectivity index (χ4n) is 1.57. The van der Waals surface area contributed by atoms with Gasteiger partial charge in [0.25, 0.3) is 0 Å². The van der Waals surface area contributed by atoms with Crippen molar-refractivity contribution in [3.63, 3.8) is 0 Å². The zero-order valence-corrected chi connectivity index (χ0v) is 10.1. The van der Waals surface area contributed by atoms with Gasteiger partial charge < -0.3 is 10.4 Å². The van der Waals surface area contributed by atoms with E-state index >= 15 is 0 Å². The number of rotatable bonds is 4. The molecule has 2 aromatic rings. The van der Waals surface area contributed by atoms with Crippen LogP contribution in [0, 0.1) is 5.82 Å². The van der Waals surface area contributed by atoms with Crippen LogP contribution in [0.25, 0.3) is 0 Å². The third-order valence-electron chi connectivity index (χ3n) is 2.41. The Morgan fingerprint density at radius 1 is 1.33 bits per heavy atom. The lowest BCUT2D eigenvalue weighted by Gasteiger charge is -2.17. The van der Waals surface area contributed by atoms with Crippen LogP contribution in [0.2, 0.25) is 5.28 Å². The Labute approximate surface area is 108 Å². The first kappa shape index (κ1) is 12.7. The molecule has 1 atom stereocenters. The third-order valence-corrected chi connectivity index (χ3v) is 2.59. The Morgan fingerprint density at radius 3 is 2.78 bits per heavy atom. The van der Waals surface area contributed by atoms with Gasteiger partial charge in [0.05, 0.1) is 12.6 Å². The molecule has 2 rings (SSSR count). The molecule has 1 unspecified atom stereocenters. The smallest absolute Gasteiger partial charge is 0.224 e. The molecule has 4 nitrogen and oxygen atoms in total. The van der Waals surface area contributed by atoms with E-state index < -0.39 is 6.04 Å². The summed E-state index contributed by atoms with van der Waals surface area (Å²) in [6.07, 6.45) is 1.48. The molecule has 0 fully saturated rings. The molecule has 0 bridgehead atoms. The molecule has 0 saturated heterocycles. The predicted octanol–water partition coefficient (Wildman–Crippen LogP) is 2.41. The Hall–Kier alpha value is -1.72. The standard InChI is InChI=1S/C12H11ClFN3O/c13-12-15-6-5-11(17-12)16-10(7-18)8-3-1-2-4-9(8)14/h1-6,10,18H,7H2,(H,15,16,17). The SMILES string of the molecule is OCC(Nc1ccnc(Cl)n1)c1ccccc1F. The predicted molar refractivity (Wildman–Crippen MR) is 66.9 cm³/mol. The minimum absolute atomic E-state index is 0.0882. The van der Waals surface area contributed by atoms with Crippen LogP contribution in [0.5, 0.6) is 0 Å². The maximum absolute atomic E-state index is 13.6. The van der Waals surface area contributed by atoms with Crippen molar-refractivity contribution in [3.05, 3.63) is 53.2 Å². The number of halogens is 2. The second-order valence-electron chi connectivity index (χ2n) is 3.61. The lowest BCUT2D eigenvalue weighted by atomic mass is 10.1. The Bertz CT molecular complexity index is 538. The lowest BCUT2D eigenvalue weighted by Crippen LogP contribution is -2.17. The quantitative estimate of drug-likeness (QED) is 0.836. The van der Waals surface area contributed by atoms with Gasteiger partial charge in [-0.05, 0) is 23.7 Å². The van der Waals surface area contributed by atoms with E-state index in [-0.39, 0.29) is 17.7 Å². The van der Waals surface area contributed by atoms with Gasteiger partial charge in [0.1, 0.15) is 11.6 Å². The van der Waals surface area contributed by atoms with Crippen molar-refractivity contribution in [2.45, 2.75) is 6.04 Å². The maximum Gasteiger partial charge on any atom is 0.224 e. The number of nitrogens with one attached hydrogen (secondary N) is 1. The molecule has 0 amide bonds. The second kappa shape index (κ2) is 5.75. The van der Waals surface area contributed by atoms with Gasteiger partial charge in [-0.1, -0.05) is 18.2 Å². The summed E-state index contributed by atoms with van der Waals surface area (Å²) in [6, 6.07) is 7.25. The van der Waals surface area contributed by atoms with E-state index in [9.17, 15) is 9.50 Å². The van der Waals surface area contributed by atoms with Crippen LogP contribution in [0.3, 0.4) is 0 Å². The molecule has 0 spiro atoms. The topological polar surface area (TPSA) is 58.0 Å². The number of benzene rings is 1. The van der Waals surface area contributed by atoms with Crippen LogP contribution in [0.15, 0.2) is 36.5 Å². The fraction of sp³-hybridized carbons (Fsp3) is 0.167. The molecule has 18 heavy (non-hydrogen) atoms. The van der Waals surface area contributed by atoms with Crippen molar-refractivity contribution >= 4 is 17.4 Å². The van der Waals surface area contributed by atoms with Gasteiger partial charge in [0.15, 0.2) is 0 Å². The summed E-state index contributed by atoms with van der Waals surface area (Å²) in [4.78, 5) is 7.67. The summed E-state index contributed by atoms with van der Waals surface area (Å²) in [5, 5.41) is 12.3. The number of aliphatic hydroxyl groups is 1. The van der Waals surface area contributed by atoms with Gasteiger partial charge in [-0.25, -0.2) is 14.4 Å². The number of hydrogen-bond donors (Lipinski definition) is 2. The largest absolute Gasteiger partial charge is 0.394 e. The first-order valence-corrected chi connectivity index (χ1v) is 5.69. The van der Waals surface area contributed by atoms with Gasteiger partial charge >= 0.3 is 0 Å². The molecule has 0 aliphatic rings. The highest BCUT2D eigenvalue weighted by atomic mass is 35.5. The van der Waals surface area contributed by atoms with Crippen LogP contribution in [0.1, 0.15) is 11.6 Å². The summed E-state index contributed by atoms with van der Waals surface area (Å²) >= 11 is 5.65. The first-order valence-electron chi connectivity index (χ1n) is 5.31. The van der Waals surface area contributed by atoms with E-state index in [0.29, 0.717) is 11.4 Å². The van der Waals surface area contributed by atoms with Crippen LogP contribution in [-0.2, 0) is 0 Å². The van der Waals surface area contributed by atoms with Crippen molar-refractivity contribution in [1.29, 1.82) is 0 Å². The van der Waals surface area contributed by atoms with Gasteiger partial charge in [-0.2, -0.15) is 0 Å². The van der Waals surface area contributed by atoms with E-state index in [1.165, 1.54) is 12.3 Å². The first-order chi connectivity index (χ1) is 8.70. The third kappa shape index (κ3) is 2.94. The molecular weight excluding hydrogens is 257 g/mol. The highest BCUT2D eigenvalue weighted by molar-refractivity contribution is 6.28. The molecule has 0 aliphatic heterocycles. The number of aliphatic hydroxyl groups excluding tert-OH is 1. The molecule has 94 valence electrons. The number of hydrogen-bond acceptors (Lipinski definition) is 4. The summed E-state index contributed by atoms with van der Waals surface area (Å²) in [6.45, 7) is -0.261. The molecule has 1 heterocycles. The minimum Gasteiger partial charge on any atom is -0.394 e. The highest BCUT2D eigenvalue weighted by Crippen LogP contribution is 2.20. The van der Waals surface area contributed by atoms with Gasteiger partial charge in [-0.3, -0.25) is 0 Å². The normalized spacial score (nSPS) is 12.2. The molecule has 2 N–H and O–H groups in total. The Kier molecular flexibility index (Phi) is 4.07. The summed E-state index contributed by atoms with van der Waals surface area (Å²) in [5.74, 6) is 0.0431. The van der Waals surface area contributed by atoms with E-state index in [2.05, 4.69) is 15.3 Å². The average Bonchev–Trinajstić information content (AvgIpc) is 2.37. The van der Waals surface area contributed by atoms with Crippen molar-refractivity contribution in [2.24, 2.45) is 0 Å². The molecule has 0 radical (unpaired) electrons. The lowest BCUT2D eigenvalue weighted by molar-refractivity contribution is 0.273. The fourth-order valence-corrected chi connectivity index (χ4v) is 1.72. The number of aromatic nitrogens is 2. The van der Waals surface area contributed by atoms with E-state index in [0.717, 1.165) is 0 Å². The van der Waals surface area contributed by atoms with Gasteiger partial charge in [0, 0.05) is 11.8 Å². The van der Waals surface area contributed by atoms with Crippen molar-refractivity contribution in [3.8, 4) is 0 Å². The molecule has 1 aromatic heterocycles. The number of nitrogens with zero attached hydrogens (tertiary/aromatic N) is 2. The molecular formula is C12H11ClFN3O. The average molecular weight is 268 g/mol. The molecule has 0 saturated carbocycles. The van der Waals surface area contributed by atoms with E-state index in [1.54, 1.807) is 24.3 Å². The maximum atomic E-state index is 13.6. The molecule has 1 aromatic carbocycles. The Morgan fingerprint density at radius 2 is 2.11 bits per heavy atom. The van der Waals surface area contributed by atoms with Crippen LogP contribution in [0.4, 0.5) is 10.2 Å². The van der Waals surface area contributed by atoms with Gasteiger partial charge in [0.2, 0.25) is 5.28 Å². The van der Waals surface area contributed by atoms with Crippen LogP contribution < -0.4 is 5.32 Å². The van der Waals surface area contributed by atoms with Crippen LogP contribution in [-0.4, -0.2) is 21.7 Å². The minimum atomic E-state index is -0.586. The van der Waals surface area contributed by atoms with Crippen molar-refractivity contribution in [2.75, 3.05) is 11.9 Å². The van der Waals surface area contributed by atoms with E-state index in [4.69, 9.17) is 11.6 Å². The molecule has 0 aliphatic carbocycles. The summed E-state index contributed by atoms with van der Waals surface area (Å²) < 4.78 is 13.6. The zero-order valence-electron chi connectivity index (χ0n) is 9.35. The van der Waals surface area contributed by atoms with Crippen LogP contribution >= 0.6 is 11.6 Å². The molecule has 6 heteroatoms. The van der Waals surface area contributed by atoms with Crippen molar-refractivity contribution in [1.82, 2.24) is 9.97 Å². The second-order valence-corrected chi connectivity index (χ2v) is 3.95. The highest BCUT2D eigenvalue weighted by Gasteiger charge is 2.14. The van der Waals surface area contributed by atoms with Gasteiger partial charge in [-0.15, -0.1) is 0 Å². The van der Waals surface area contributed by atoms with E-state index in [1.807, 2.05) is 0 Å². The summed E-state index contributed by atoms with van der Waals surface area (Å²) in [5.41, 5.74) is 0.370. The number of anilines is 1.